The topological polar surface area (TPSA) is 16.4 Å². The van der Waals surface area contributed by atoms with Crippen LogP contribution in [0.15, 0.2) is 228 Å². The van der Waals surface area contributed by atoms with Gasteiger partial charge in [0.15, 0.2) is 0 Å². The Labute approximate surface area is 356 Å². The first kappa shape index (κ1) is 20.0. The van der Waals surface area contributed by atoms with Crippen LogP contribution in [0.5, 0.6) is 0 Å². The first-order chi connectivity index (χ1) is 35.3. The van der Waals surface area contributed by atoms with Gasteiger partial charge in [-0.05, 0) is 92.5 Å². The van der Waals surface area contributed by atoms with Gasteiger partial charge in [0.2, 0.25) is 0 Å². The fourth-order valence-electron chi connectivity index (χ4n) is 7.99. The number of anilines is 3. The molecule has 0 spiro atoms. The zero-order chi connectivity index (χ0) is 52.6. The molecule has 0 saturated heterocycles. The molecular formula is C55H37NO. The van der Waals surface area contributed by atoms with Crippen LogP contribution in [-0.4, -0.2) is 0 Å². The van der Waals surface area contributed by atoms with Crippen molar-refractivity contribution in [1.29, 1.82) is 0 Å². The van der Waals surface area contributed by atoms with E-state index in [9.17, 15) is 12.3 Å². The molecule has 2 heteroatoms. The molecule has 10 aromatic rings. The van der Waals surface area contributed by atoms with Gasteiger partial charge in [-0.25, -0.2) is 0 Å². The third kappa shape index (κ3) is 5.26. The smallest absolute Gasteiger partial charge is 0.143 e. The lowest BCUT2D eigenvalue weighted by Crippen LogP contribution is -2.28. The summed E-state index contributed by atoms with van der Waals surface area (Å²) in [6.07, 6.45) is 0. The van der Waals surface area contributed by atoms with Crippen LogP contribution in [0.2, 0.25) is 0 Å². The molecule has 2 nitrogen and oxygen atoms in total. The zero-order valence-electron chi connectivity index (χ0n) is 46.9. The molecule has 0 fully saturated rings. The molecule has 1 aliphatic rings. The Morgan fingerprint density at radius 1 is 0.404 bits per heavy atom. The summed E-state index contributed by atoms with van der Waals surface area (Å²) in [4.78, 5) is 1.51. The van der Waals surface area contributed by atoms with Gasteiger partial charge in [0.25, 0.3) is 0 Å². The lowest BCUT2D eigenvalue weighted by molar-refractivity contribution is 0.670. The van der Waals surface area contributed by atoms with Crippen molar-refractivity contribution in [2.45, 2.75) is 5.41 Å². The molecule has 0 aliphatic heterocycles. The molecule has 1 aromatic heterocycles. The number of hydrogen-bond acceptors (Lipinski definition) is 2. The fraction of sp³-hybridized carbons (Fsp3) is 0.0182. The van der Waals surface area contributed by atoms with Gasteiger partial charge in [0, 0.05) is 33.4 Å². The van der Waals surface area contributed by atoms with Crippen molar-refractivity contribution in [2.24, 2.45) is 0 Å². The second-order valence-electron chi connectivity index (χ2n) is 13.5. The van der Waals surface area contributed by atoms with Crippen molar-refractivity contribution in [2.75, 3.05) is 4.90 Å². The summed E-state index contributed by atoms with van der Waals surface area (Å²) in [6.45, 7) is 0. The van der Waals surface area contributed by atoms with Gasteiger partial charge in [-0.1, -0.05) is 182 Å². The standard InChI is InChI=1S/C55H37NO/c1-4-15-38(16-5-1)39-27-31-43(32-28-39)56(44-33-29-40(30-34-44)46-23-14-24-50-49-22-11-13-26-53(49)57-54(46)50)45-35-36-48-47-21-10-12-25-51(47)55(52(48)37-45,41-17-6-2-7-18-41)42-19-8-3-9-20-42/h1-37H/i2D,3D,6D,7D,8D,9D,10D,12D,17D,18D,19D,20D,21D,25D,35D,36D,37D. The zero-order valence-corrected chi connectivity index (χ0v) is 29.9. The number of nitrogens with zero attached hydrogens (tertiary/aromatic N) is 1. The molecular weight excluding hydrogens is 691 g/mol. The minimum absolute atomic E-state index is 0.329. The molecule has 268 valence electrons. The van der Waals surface area contributed by atoms with Crippen molar-refractivity contribution in [3.05, 3.63) is 246 Å². The van der Waals surface area contributed by atoms with Crippen LogP contribution in [0.25, 0.3) is 55.3 Å². The van der Waals surface area contributed by atoms with E-state index < -0.39 is 142 Å². The minimum Gasteiger partial charge on any atom is -0.455 e. The summed E-state index contributed by atoms with van der Waals surface area (Å²) in [5.74, 6) is 0. The Hall–Kier alpha value is -7.42. The molecule has 9 aromatic carbocycles. The molecule has 0 saturated carbocycles. The van der Waals surface area contributed by atoms with Crippen LogP contribution in [0.1, 0.15) is 45.6 Å². The maximum Gasteiger partial charge on any atom is 0.143 e. The van der Waals surface area contributed by atoms with Gasteiger partial charge < -0.3 is 9.32 Å². The van der Waals surface area contributed by atoms with Crippen LogP contribution in [0.4, 0.5) is 17.1 Å². The second kappa shape index (κ2) is 13.4. The average Bonchev–Trinajstić information content (AvgIpc) is 4.02. The largest absolute Gasteiger partial charge is 0.455 e. The second-order valence-corrected chi connectivity index (χ2v) is 13.5. The number of fused-ring (bicyclic) bond motifs is 6. The molecule has 0 bridgehead atoms. The van der Waals surface area contributed by atoms with Crippen molar-refractivity contribution >= 4 is 39.0 Å². The van der Waals surface area contributed by atoms with Crippen LogP contribution in [-0.2, 0) is 5.41 Å². The van der Waals surface area contributed by atoms with Crippen molar-refractivity contribution in [3.63, 3.8) is 0 Å². The summed E-state index contributed by atoms with van der Waals surface area (Å²) >= 11 is 0. The fourth-order valence-corrected chi connectivity index (χ4v) is 7.99. The first-order valence-electron chi connectivity index (χ1n) is 26.7. The monoisotopic (exact) mass is 744 g/mol. The molecule has 1 aliphatic carbocycles. The Balaban J connectivity index is 1.29. The van der Waals surface area contributed by atoms with Gasteiger partial charge in [-0.15, -0.1) is 0 Å². The summed E-state index contributed by atoms with van der Waals surface area (Å²) in [5.41, 5.74) is -1.91. The van der Waals surface area contributed by atoms with E-state index >= 15 is 0 Å². The Bertz CT molecular complexity index is 3920. The number of rotatable bonds is 7. The molecule has 1 heterocycles. The summed E-state index contributed by atoms with van der Waals surface area (Å²) < 4.78 is 165. The molecule has 0 amide bonds. The lowest BCUT2D eigenvalue weighted by atomic mass is 9.67. The predicted octanol–water partition coefficient (Wildman–Crippen LogP) is 14.8. The number of para-hydroxylation sites is 2. The van der Waals surface area contributed by atoms with E-state index in [2.05, 4.69) is 0 Å². The number of benzene rings is 9. The highest BCUT2D eigenvalue weighted by molar-refractivity contribution is 6.09. The molecule has 0 unspecified atom stereocenters. The Kier molecular flexibility index (Phi) is 4.69. The van der Waals surface area contributed by atoms with Gasteiger partial charge >= 0.3 is 0 Å². The van der Waals surface area contributed by atoms with Crippen LogP contribution in [0.3, 0.4) is 0 Å². The van der Waals surface area contributed by atoms with Crippen molar-refractivity contribution < 1.29 is 27.7 Å². The maximum atomic E-state index is 10.6. The van der Waals surface area contributed by atoms with Gasteiger partial charge in [-0.2, -0.15) is 0 Å². The van der Waals surface area contributed by atoms with Gasteiger partial charge in [0.1, 0.15) is 11.2 Å². The normalized spacial score (nSPS) is 16.9. The van der Waals surface area contributed by atoms with Crippen LogP contribution in [0, 0.1) is 0 Å². The summed E-state index contributed by atoms with van der Waals surface area (Å²) in [6, 6.07) is 22.3. The molecule has 0 atom stereocenters. The quantitative estimate of drug-likeness (QED) is 0.162. The van der Waals surface area contributed by atoms with Gasteiger partial charge in [0.05, 0.1) is 28.7 Å². The lowest BCUT2D eigenvalue weighted by Gasteiger charge is -2.35. The van der Waals surface area contributed by atoms with E-state index in [1.165, 1.54) is 4.90 Å². The summed E-state index contributed by atoms with van der Waals surface area (Å²) in [7, 11) is 0. The maximum absolute atomic E-state index is 10.6. The van der Waals surface area contributed by atoms with E-state index in [0.717, 1.165) is 33.0 Å². The predicted molar refractivity (Wildman–Crippen MR) is 237 cm³/mol. The van der Waals surface area contributed by atoms with E-state index in [4.69, 9.17) is 15.4 Å². The van der Waals surface area contributed by atoms with Gasteiger partial charge in [-0.3, -0.25) is 0 Å². The van der Waals surface area contributed by atoms with Crippen LogP contribution >= 0.6 is 0 Å². The Morgan fingerprint density at radius 2 is 0.982 bits per heavy atom. The highest BCUT2D eigenvalue weighted by Crippen LogP contribution is 2.57. The molecule has 11 rings (SSSR count). The SMILES string of the molecule is [2H]c1c([2H])c([2H])c(C2(c3c([2H])c([2H])c([2H])c([2H])c3[2H])c3c([2H])c([2H])c([2H])c([2H])c3-c3c([2H])c([2H])c(N(c4ccc(-c5ccccc5)cc4)c4ccc(-c5cccc6c5oc5ccccc56)cc4)c([2H])c32)c([2H])c1[2H]. The van der Waals surface area contributed by atoms with E-state index in [1.54, 1.807) is 24.3 Å². The molecule has 0 radical (unpaired) electrons. The molecule has 57 heavy (non-hydrogen) atoms. The third-order valence-electron chi connectivity index (χ3n) is 10.5. The highest BCUT2D eigenvalue weighted by atomic mass is 16.3. The van der Waals surface area contributed by atoms with Crippen molar-refractivity contribution in [1.82, 2.24) is 0 Å². The Morgan fingerprint density at radius 3 is 1.70 bits per heavy atom. The van der Waals surface area contributed by atoms with E-state index in [-0.39, 0.29) is 5.69 Å². The highest BCUT2D eigenvalue weighted by Gasteiger charge is 2.46. The minimum atomic E-state index is -2.95. The average molecular weight is 745 g/mol. The first-order valence-corrected chi connectivity index (χ1v) is 18.2. The molecule has 0 N–H and O–H groups in total. The number of furan rings is 1. The number of hydrogen-bond donors (Lipinski definition) is 0. The summed E-state index contributed by atoms with van der Waals surface area (Å²) in [5, 5.41) is 1.82. The van der Waals surface area contributed by atoms with E-state index in [1.807, 2.05) is 97.1 Å². The van der Waals surface area contributed by atoms with E-state index in [0.29, 0.717) is 22.5 Å². The van der Waals surface area contributed by atoms with Crippen molar-refractivity contribution in [3.8, 4) is 33.4 Å². The third-order valence-corrected chi connectivity index (χ3v) is 10.5. The van der Waals surface area contributed by atoms with Crippen LogP contribution < -0.4 is 4.90 Å².